The number of halogens is 3. The summed E-state index contributed by atoms with van der Waals surface area (Å²) >= 11 is 0. The summed E-state index contributed by atoms with van der Waals surface area (Å²) in [5.41, 5.74) is 0. The predicted octanol–water partition coefficient (Wildman–Crippen LogP) is -1.15. The van der Waals surface area contributed by atoms with E-state index in [-0.39, 0.29) is 18.9 Å². The van der Waals surface area contributed by atoms with E-state index in [4.69, 9.17) is 0 Å². The molecule has 0 spiro atoms. The van der Waals surface area contributed by atoms with Gasteiger partial charge in [0.15, 0.2) is 0 Å². The van der Waals surface area contributed by atoms with Gasteiger partial charge in [0.25, 0.3) is 0 Å². The Hall–Kier alpha value is -2.17. The van der Waals surface area contributed by atoms with Gasteiger partial charge in [0.1, 0.15) is 6.04 Å². The molecule has 0 radical (unpaired) electrons. The third-order valence-corrected chi connectivity index (χ3v) is 3.25. The Morgan fingerprint density at radius 3 is 2.35 bits per heavy atom. The standard InChI is InChI=1S/C12H16F3N3O5/c1-5(19)17-4-8-6(9(20)16-2)3-7(18-8)10(21)23-11(22)12(13,14)15/h6-8,18H,3-4H2,1-2H3,(H,16,20)(H,17,19)/t6-,7-,8+/m1/s1. The first-order valence-electron chi connectivity index (χ1n) is 6.61. The smallest absolute Gasteiger partial charge is 0.385 e. The van der Waals surface area contributed by atoms with Gasteiger partial charge in [0.05, 0.1) is 5.92 Å². The van der Waals surface area contributed by atoms with Crippen molar-refractivity contribution >= 4 is 23.8 Å². The van der Waals surface area contributed by atoms with Crippen molar-refractivity contribution < 1.29 is 37.1 Å². The van der Waals surface area contributed by atoms with Crippen LogP contribution in [0.5, 0.6) is 0 Å². The van der Waals surface area contributed by atoms with Crippen LogP contribution in [0.25, 0.3) is 0 Å². The molecule has 1 fully saturated rings. The second kappa shape index (κ2) is 7.40. The topological polar surface area (TPSA) is 114 Å². The Bertz CT molecular complexity index is 509. The van der Waals surface area contributed by atoms with Crippen LogP contribution >= 0.6 is 0 Å². The summed E-state index contributed by atoms with van der Waals surface area (Å²) < 4.78 is 40.0. The number of hydrogen-bond acceptors (Lipinski definition) is 6. The lowest BCUT2D eigenvalue weighted by molar-refractivity contribution is -0.202. The van der Waals surface area contributed by atoms with E-state index in [1.807, 2.05) is 0 Å². The van der Waals surface area contributed by atoms with Crippen LogP contribution < -0.4 is 16.0 Å². The van der Waals surface area contributed by atoms with Gasteiger partial charge in [-0.05, 0) is 6.42 Å². The van der Waals surface area contributed by atoms with Crippen LogP contribution in [0.2, 0.25) is 0 Å². The van der Waals surface area contributed by atoms with Gasteiger partial charge < -0.3 is 15.4 Å². The van der Waals surface area contributed by atoms with Gasteiger partial charge in [-0.3, -0.25) is 14.9 Å². The Balaban J connectivity index is 2.74. The van der Waals surface area contributed by atoms with Gasteiger partial charge in [-0.2, -0.15) is 13.2 Å². The molecule has 1 aliphatic heterocycles. The second-order valence-electron chi connectivity index (χ2n) is 4.93. The van der Waals surface area contributed by atoms with E-state index in [9.17, 15) is 32.3 Å². The van der Waals surface area contributed by atoms with E-state index in [0.717, 1.165) is 0 Å². The van der Waals surface area contributed by atoms with Gasteiger partial charge in [0, 0.05) is 26.6 Å². The summed E-state index contributed by atoms with van der Waals surface area (Å²) in [6, 6.07) is -1.94. The van der Waals surface area contributed by atoms with Gasteiger partial charge in [-0.25, -0.2) is 9.59 Å². The summed E-state index contributed by atoms with van der Waals surface area (Å²) in [5.74, 6) is -5.64. The maximum absolute atomic E-state index is 12.1. The lowest BCUT2D eigenvalue weighted by Crippen LogP contribution is -2.46. The van der Waals surface area contributed by atoms with E-state index in [0.29, 0.717) is 0 Å². The molecule has 0 aromatic rings. The fourth-order valence-corrected chi connectivity index (χ4v) is 2.18. The van der Waals surface area contributed by atoms with E-state index >= 15 is 0 Å². The molecule has 2 amide bonds. The average Bonchev–Trinajstić information content (AvgIpc) is 2.87. The van der Waals surface area contributed by atoms with E-state index < -0.39 is 42.0 Å². The number of alkyl halides is 3. The van der Waals surface area contributed by atoms with Crippen LogP contribution in [0.1, 0.15) is 13.3 Å². The molecule has 1 rings (SSSR count). The molecule has 23 heavy (non-hydrogen) atoms. The van der Waals surface area contributed by atoms with Gasteiger partial charge in [0.2, 0.25) is 11.8 Å². The van der Waals surface area contributed by atoms with Crippen LogP contribution in [-0.2, 0) is 23.9 Å². The molecule has 1 heterocycles. The first-order valence-corrected chi connectivity index (χ1v) is 6.61. The van der Waals surface area contributed by atoms with Gasteiger partial charge >= 0.3 is 18.1 Å². The number of carbonyl (C=O) groups excluding carboxylic acids is 4. The van der Waals surface area contributed by atoms with Crippen LogP contribution in [0, 0.1) is 5.92 Å². The lowest BCUT2D eigenvalue weighted by Gasteiger charge is -2.18. The van der Waals surface area contributed by atoms with Crippen LogP contribution in [0.4, 0.5) is 13.2 Å². The highest BCUT2D eigenvalue weighted by Gasteiger charge is 2.46. The zero-order chi connectivity index (χ0) is 17.8. The summed E-state index contributed by atoms with van der Waals surface area (Å²) in [5, 5.41) is 7.40. The molecule has 0 unspecified atom stereocenters. The second-order valence-corrected chi connectivity index (χ2v) is 4.93. The number of carbonyl (C=O) groups is 4. The Labute approximate surface area is 129 Å². The third-order valence-electron chi connectivity index (χ3n) is 3.25. The fourth-order valence-electron chi connectivity index (χ4n) is 2.18. The van der Waals surface area contributed by atoms with Crippen molar-refractivity contribution in [3.05, 3.63) is 0 Å². The minimum Gasteiger partial charge on any atom is -0.385 e. The predicted molar refractivity (Wildman–Crippen MR) is 68.7 cm³/mol. The molecular weight excluding hydrogens is 323 g/mol. The Morgan fingerprint density at radius 2 is 1.87 bits per heavy atom. The zero-order valence-corrected chi connectivity index (χ0v) is 12.3. The number of hydrogen-bond donors (Lipinski definition) is 3. The molecule has 8 nitrogen and oxygen atoms in total. The molecule has 130 valence electrons. The Morgan fingerprint density at radius 1 is 1.26 bits per heavy atom. The highest BCUT2D eigenvalue weighted by molar-refractivity contribution is 5.92. The molecule has 3 N–H and O–H groups in total. The molecule has 0 aromatic carbocycles. The molecule has 0 bridgehead atoms. The minimum absolute atomic E-state index is 0.00951. The summed E-state index contributed by atoms with van der Waals surface area (Å²) in [7, 11) is 1.36. The molecule has 0 aliphatic carbocycles. The van der Waals surface area contributed by atoms with Crippen molar-refractivity contribution in [1.82, 2.24) is 16.0 Å². The number of rotatable bonds is 4. The Kier molecular flexibility index (Phi) is 6.07. The summed E-state index contributed by atoms with van der Waals surface area (Å²) in [6.45, 7) is 1.24. The van der Waals surface area contributed by atoms with E-state index in [2.05, 4.69) is 20.7 Å². The molecular formula is C12H16F3N3O5. The van der Waals surface area contributed by atoms with Crippen molar-refractivity contribution in [2.24, 2.45) is 5.92 Å². The zero-order valence-electron chi connectivity index (χ0n) is 12.3. The summed E-state index contributed by atoms with van der Waals surface area (Å²) in [6.07, 6.45) is -5.45. The number of nitrogens with one attached hydrogen (secondary N) is 3. The van der Waals surface area contributed by atoms with Gasteiger partial charge in [-0.15, -0.1) is 0 Å². The van der Waals surface area contributed by atoms with E-state index in [1.165, 1.54) is 14.0 Å². The van der Waals surface area contributed by atoms with Crippen molar-refractivity contribution in [1.29, 1.82) is 0 Å². The lowest BCUT2D eigenvalue weighted by atomic mass is 9.98. The average molecular weight is 339 g/mol. The molecule has 11 heteroatoms. The maximum Gasteiger partial charge on any atom is 0.491 e. The highest BCUT2D eigenvalue weighted by Crippen LogP contribution is 2.23. The number of esters is 2. The third kappa shape index (κ3) is 5.20. The minimum atomic E-state index is -5.29. The molecule has 0 saturated carbocycles. The van der Waals surface area contributed by atoms with Crippen molar-refractivity contribution in [3.8, 4) is 0 Å². The van der Waals surface area contributed by atoms with Gasteiger partial charge in [-0.1, -0.05) is 0 Å². The SMILES string of the molecule is CNC(=O)[C@@H]1C[C@H](C(=O)OC(=O)C(F)(F)F)N[C@H]1CNC(C)=O. The van der Waals surface area contributed by atoms with Crippen molar-refractivity contribution in [2.75, 3.05) is 13.6 Å². The molecule has 3 atom stereocenters. The highest BCUT2D eigenvalue weighted by atomic mass is 19.4. The quantitative estimate of drug-likeness (QED) is 0.440. The normalized spacial score (nSPS) is 24.0. The van der Waals surface area contributed by atoms with Crippen LogP contribution in [0.3, 0.4) is 0 Å². The van der Waals surface area contributed by atoms with E-state index in [1.54, 1.807) is 0 Å². The maximum atomic E-state index is 12.1. The van der Waals surface area contributed by atoms with Crippen molar-refractivity contribution in [2.45, 2.75) is 31.6 Å². The van der Waals surface area contributed by atoms with Crippen LogP contribution in [-0.4, -0.2) is 55.6 Å². The first-order chi connectivity index (χ1) is 10.6. The number of amides is 2. The largest absolute Gasteiger partial charge is 0.491 e. The fraction of sp³-hybridized carbons (Fsp3) is 0.667. The monoisotopic (exact) mass is 339 g/mol. The van der Waals surface area contributed by atoms with Crippen LogP contribution in [0.15, 0.2) is 0 Å². The summed E-state index contributed by atoms with van der Waals surface area (Å²) in [4.78, 5) is 45.0. The first kappa shape index (κ1) is 18.9. The number of ether oxygens (including phenoxy) is 1. The molecule has 0 aromatic heterocycles. The molecule has 1 aliphatic rings. The van der Waals surface area contributed by atoms with Crippen molar-refractivity contribution in [3.63, 3.8) is 0 Å². The molecule has 1 saturated heterocycles.